The molecular weight excluding hydrogens is 272 g/mol. The van der Waals surface area contributed by atoms with Gasteiger partial charge in [0.2, 0.25) is 0 Å². The number of hydrogen-bond donors (Lipinski definition) is 1. The lowest BCUT2D eigenvalue weighted by Crippen LogP contribution is -2.09. The number of ether oxygens (including phenoxy) is 1. The summed E-state index contributed by atoms with van der Waals surface area (Å²) in [7, 11) is 0. The molecule has 0 radical (unpaired) electrons. The van der Waals surface area contributed by atoms with E-state index in [0.29, 0.717) is 6.61 Å². The van der Waals surface area contributed by atoms with Crippen LogP contribution in [-0.2, 0) is 0 Å². The van der Waals surface area contributed by atoms with Crippen LogP contribution in [0.5, 0.6) is 5.75 Å². The minimum atomic E-state index is 0.104. The van der Waals surface area contributed by atoms with Crippen LogP contribution in [0.2, 0.25) is 5.02 Å². The van der Waals surface area contributed by atoms with Crippen molar-refractivity contribution in [3.63, 3.8) is 0 Å². The van der Waals surface area contributed by atoms with Gasteiger partial charge in [0.05, 0.1) is 12.6 Å². The van der Waals surface area contributed by atoms with Crippen molar-refractivity contribution in [3.05, 3.63) is 53.2 Å². The first-order chi connectivity index (χ1) is 9.70. The zero-order valence-electron chi connectivity index (χ0n) is 11.8. The summed E-state index contributed by atoms with van der Waals surface area (Å²) >= 11 is 6.02. The maximum absolute atomic E-state index is 6.02. The van der Waals surface area contributed by atoms with Gasteiger partial charge in [-0.05, 0) is 43.2 Å². The van der Waals surface area contributed by atoms with Gasteiger partial charge in [-0.2, -0.15) is 0 Å². The highest BCUT2D eigenvalue weighted by Gasteiger charge is 2.10. The van der Waals surface area contributed by atoms with Crippen LogP contribution in [0.4, 0.5) is 5.82 Å². The molecule has 0 aliphatic rings. The maximum atomic E-state index is 6.02. The second-order valence-corrected chi connectivity index (χ2v) is 5.06. The minimum Gasteiger partial charge on any atom is -0.490 e. The Labute approximate surface area is 124 Å². The largest absolute Gasteiger partial charge is 0.490 e. The van der Waals surface area contributed by atoms with Crippen molar-refractivity contribution in [1.29, 1.82) is 0 Å². The van der Waals surface area contributed by atoms with E-state index in [1.165, 1.54) is 0 Å². The molecule has 0 spiro atoms. The first kappa shape index (κ1) is 14.7. The molecule has 1 atom stereocenters. The SMILES string of the molecule is CCCOc1cccnc1NC(C)c1cccc(Cl)c1. The van der Waals surface area contributed by atoms with E-state index in [1.807, 2.05) is 36.4 Å². The average molecular weight is 291 g/mol. The van der Waals surface area contributed by atoms with Crippen molar-refractivity contribution < 1.29 is 4.74 Å². The molecular formula is C16H19ClN2O. The van der Waals surface area contributed by atoms with E-state index in [1.54, 1.807) is 6.20 Å². The molecule has 0 fully saturated rings. The van der Waals surface area contributed by atoms with Crippen LogP contribution in [0.15, 0.2) is 42.6 Å². The number of hydrogen-bond acceptors (Lipinski definition) is 3. The molecule has 0 amide bonds. The van der Waals surface area contributed by atoms with Crippen LogP contribution < -0.4 is 10.1 Å². The molecule has 106 valence electrons. The summed E-state index contributed by atoms with van der Waals surface area (Å²) < 4.78 is 5.70. The summed E-state index contributed by atoms with van der Waals surface area (Å²) in [6, 6.07) is 11.7. The monoisotopic (exact) mass is 290 g/mol. The second kappa shape index (κ2) is 7.15. The summed E-state index contributed by atoms with van der Waals surface area (Å²) in [5, 5.41) is 4.10. The molecule has 1 N–H and O–H groups in total. The van der Waals surface area contributed by atoms with Crippen molar-refractivity contribution in [2.24, 2.45) is 0 Å². The lowest BCUT2D eigenvalue weighted by Gasteiger charge is -2.17. The van der Waals surface area contributed by atoms with Crippen molar-refractivity contribution in [2.75, 3.05) is 11.9 Å². The summed E-state index contributed by atoms with van der Waals surface area (Å²) in [5.74, 6) is 1.54. The Bertz CT molecular complexity index is 560. The van der Waals surface area contributed by atoms with E-state index in [9.17, 15) is 0 Å². The third kappa shape index (κ3) is 3.87. The molecule has 0 aliphatic carbocycles. The highest BCUT2D eigenvalue weighted by atomic mass is 35.5. The average Bonchev–Trinajstić information content (AvgIpc) is 2.46. The summed E-state index contributed by atoms with van der Waals surface area (Å²) in [6.07, 6.45) is 2.73. The van der Waals surface area contributed by atoms with Crippen LogP contribution in [0.3, 0.4) is 0 Å². The molecule has 1 heterocycles. The molecule has 2 aromatic rings. The molecule has 0 saturated heterocycles. The summed E-state index contributed by atoms with van der Waals surface area (Å²) in [5.41, 5.74) is 1.12. The Balaban J connectivity index is 2.13. The predicted octanol–water partition coefficient (Wildman–Crippen LogP) is 4.70. The zero-order valence-corrected chi connectivity index (χ0v) is 12.5. The molecule has 1 unspecified atom stereocenters. The Morgan fingerprint density at radius 1 is 1.30 bits per heavy atom. The van der Waals surface area contributed by atoms with Gasteiger partial charge in [-0.1, -0.05) is 30.7 Å². The number of aromatic nitrogens is 1. The topological polar surface area (TPSA) is 34.1 Å². The van der Waals surface area contributed by atoms with E-state index in [0.717, 1.165) is 28.6 Å². The van der Waals surface area contributed by atoms with E-state index in [4.69, 9.17) is 16.3 Å². The zero-order chi connectivity index (χ0) is 14.4. The molecule has 2 rings (SSSR count). The molecule has 1 aromatic carbocycles. The molecule has 20 heavy (non-hydrogen) atoms. The van der Waals surface area contributed by atoms with Gasteiger partial charge in [-0.15, -0.1) is 0 Å². The number of nitrogens with one attached hydrogen (secondary N) is 1. The highest BCUT2D eigenvalue weighted by molar-refractivity contribution is 6.30. The third-order valence-electron chi connectivity index (χ3n) is 2.93. The van der Waals surface area contributed by atoms with Gasteiger partial charge in [0, 0.05) is 11.2 Å². The molecule has 0 bridgehead atoms. The summed E-state index contributed by atoms with van der Waals surface area (Å²) in [6.45, 7) is 4.84. The van der Waals surface area contributed by atoms with Crippen molar-refractivity contribution in [2.45, 2.75) is 26.3 Å². The standard InChI is InChI=1S/C16H19ClN2O/c1-3-10-20-15-8-5-9-18-16(15)19-12(2)13-6-4-7-14(17)11-13/h4-9,11-12H,3,10H2,1-2H3,(H,18,19). The Kier molecular flexibility index (Phi) is 5.24. The van der Waals surface area contributed by atoms with Crippen LogP contribution >= 0.6 is 11.6 Å². The quantitative estimate of drug-likeness (QED) is 0.837. The van der Waals surface area contributed by atoms with Crippen molar-refractivity contribution in [3.8, 4) is 5.75 Å². The summed E-state index contributed by atoms with van der Waals surface area (Å²) in [4.78, 5) is 4.35. The second-order valence-electron chi connectivity index (χ2n) is 4.62. The van der Waals surface area contributed by atoms with Gasteiger partial charge in [-0.3, -0.25) is 0 Å². The van der Waals surface area contributed by atoms with Crippen molar-refractivity contribution >= 4 is 17.4 Å². The fourth-order valence-electron chi connectivity index (χ4n) is 1.89. The maximum Gasteiger partial charge on any atom is 0.169 e. The smallest absolute Gasteiger partial charge is 0.169 e. The number of anilines is 1. The Hall–Kier alpha value is -1.74. The van der Waals surface area contributed by atoms with Crippen LogP contribution in [0.25, 0.3) is 0 Å². The van der Waals surface area contributed by atoms with Crippen LogP contribution in [0, 0.1) is 0 Å². The molecule has 3 nitrogen and oxygen atoms in total. The van der Waals surface area contributed by atoms with Crippen molar-refractivity contribution in [1.82, 2.24) is 4.98 Å². The van der Waals surface area contributed by atoms with Crippen LogP contribution in [0.1, 0.15) is 31.9 Å². The lowest BCUT2D eigenvalue weighted by molar-refractivity contribution is 0.317. The minimum absolute atomic E-state index is 0.104. The Morgan fingerprint density at radius 2 is 2.15 bits per heavy atom. The van der Waals surface area contributed by atoms with E-state index in [2.05, 4.69) is 24.1 Å². The van der Waals surface area contributed by atoms with Gasteiger partial charge in [0.1, 0.15) is 0 Å². The molecule has 0 saturated carbocycles. The number of pyridine rings is 1. The fraction of sp³-hybridized carbons (Fsp3) is 0.312. The normalized spacial score (nSPS) is 11.9. The number of rotatable bonds is 6. The first-order valence-electron chi connectivity index (χ1n) is 6.80. The molecule has 1 aromatic heterocycles. The molecule has 4 heteroatoms. The van der Waals surface area contributed by atoms with Gasteiger partial charge in [0.25, 0.3) is 0 Å². The number of benzene rings is 1. The van der Waals surface area contributed by atoms with Gasteiger partial charge in [-0.25, -0.2) is 4.98 Å². The van der Waals surface area contributed by atoms with E-state index >= 15 is 0 Å². The first-order valence-corrected chi connectivity index (χ1v) is 7.18. The van der Waals surface area contributed by atoms with Crippen LogP contribution in [-0.4, -0.2) is 11.6 Å². The van der Waals surface area contributed by atoms with E-state index < -0.39 is 0 Å². The van der Waals surface area contributed by atoms with E-state index in [-0.39, 0.29) is 6.04 Å². The highest BCUT2D eigenvalue weighted by Crippen LogP contribution is 2.26. The molecule has 0 aliphatic heterocycles. The Morgan fingerprint density at radius 3 is 2.90 bits per heavy atom. The van der Waals surface area contributed by atoms with Gasteiger partial charge in [0.15, 0.2) is 11.6 Å². The van der Waals surface area contributed by atoms with Gasteiger partial charge < -0.3 is 10.1 Å². The number of halogens is 1. The van der Waals surface area contributed by atoms with Gasteiger partial charge >= 0.3 is 0 Å². The predicted molar refractivity (Wildman–Crippen MR) is 83.5 cm³/mol. The fourth-order valence-corrected chi connectivity index (χ4v) is 2.09. The lowest BCUT2D eigenvalue weighted by atomic mass is 10.1. The third-order valence-corrected chi connectivity index (χ3v) is 3.17. The number of nitrogens with zero attached hydrogens (tertiary/aromatic N) is 1.